The van der Waals surface area contributed by atoms with Crippen molar-refractivity contribution in [2.24, 2.45) is 5.10 Å². The van der Waals surface area contributed by atoms with Gasteiger partial charge in [0.2, 0.25) is 0 Å². The van der Waals surface area contributed by atoms with Crippen LogP contribution < -0.4 is 10.2 Å². The zero-order chi connectivity index (χ0) is 27.0. The van der Waals surface area contributed by atoms with Gasteiger partial charge in [-0.25, -0.2) is 10.4 Å². The van der Waals surface area contributed by atoms with E-state index in [1.165, 1.54) is 3.57 Å². The molecule has 0 fully saturated rings. The number of para-hydroxylation sites is 1. The summed E-state index contributed by atoms with van der Waals surface area (Å²) >= 11 is 2.29. The summed E-state index contributed by atoms with van der Waals surface area (Å²) in [5.41, 5.74) is 8.58. The van der Waals surface area contributed by atoms with Gasteiger partial charge in [0.1, 0.15) is 12.4 Å². The van der Waals surface area contributed by atoms with E-state index in [0.717, 1.165) is 44.6 Å². The number of benzene rings is 4. The van der Waals surface area contributed by atoms with Crippen LogP contribution in [0.3, 0.4) is 0 Å². The van der Waals surface area contributed by atoms with Crippen LogP contribution in [0.2, 0.25) is 0 Å². The Labute approximate surface area is 241 Å². The van der Waals surface area contributed by atoms with Crippen LogP contribution in [0.25, 0.3) is 22.2 Å². The number of fused-ring (bicyclic) bond motifs is 1. The third-order valence-corrected chi connectivity index (χ3v) is 6.89. The summed E-state index contributed by atoms with van der Waals surface area (Å²) in [6.45, 7) is 4.36. The minimum absolute atomic E-state index is 0.300. The minimum Gasteiger partial charge on any atom is -0.489 e. The number of nitrogens with zero attached hydrogens (tertiary/aromatic N) is 2. The molecule has 5 rings (SSSR count). The molecule has 0 aliphatic carbocycles. The molecular weight excluding hydrogens is 597 g/mol. The number of hydrogen-bond acceptors (Lipinski definition) is 4. The smallest absolute Gasteiger partial charge is 0.272 e. The first-order valence-electron chi connectivity index (χ1n) is 12.5. The summed E-state index contributed by atoms with van der Waals surface area (Å²) in [6, 6.07) is 33.3. The van der Waals surface area contributed by atoms with Gasteiger partial charge in [-0.2, -0.15) is 5.10 Å². The van der Waals surface area contributed by atoms with Gasteiger partial charge >= 0.3 is 0 Å². The molecule has 0 aliphatic heterocycles. The van der Waals surface area contributed by atoms with Crippen LogP contribution >= 0.6 is 22.6 Å². The van der Waals surface area contributed by atoms with E-state index in [1.807, 2.05) is 84.9 Å². The number of halogens is 1. The number of hydrazone groups is 1. The lowest BCUT2D eigenvalue weighted by Crippen LogP contribution is -2.18. The van der Waals surface area contributed by atoms with E-state index in [-0.39, 0.29) is 5.91 Å². The summed E-state index contributed by atoms with van der Waals surface area (Å²) in [6.07, 6.45) is 4.13. The van der Waals surface area contributed by atoms with Gasteiger partial charge in [-0.05, 0) is 88.2 Å². The first-order chi connectivity index (χ1) is 19.1. The number of carbonyl (C=O) groups excluding carboxylic acids is 1. The van der Waals surface area contributed by atoms with Gasteiger partial charge in [0, 0.05) is 14.5 Å². The summed E-state index contributed by atoms with van der Waals surface area (Å²) < 4.78 is 7.28. The molecule has 1 aromatic heterocycles. The van der Waals surface area contributed by atoms with E-state index in [1.54, 1.807) is 6.21 Å². The molecule has 1 N–H and O–H groups in total. The second-order valence-corrected chi connectivity index (χ2v) is 10.2. The Hall–Kier alpha value is -4.30. The van der Waals surface area contributed by atoms with Gasteiger partial charge in [-0.15, -0.1) is 6.58 Å². The zero-order valence-electron chi connectivity index (χ0n) is 21.2. The van der Waals surface area contributed by atoms with Crippen molar-refractivity contribution in [1.29, 1.82) is 0 Å². The number of aromatic nitrogens is 1. The molecule has 5 aromatic rings. The highest BCUT2D eigenvalue weighted by Gasteiger charge is 2.13. The summed E-state index contributed by atoms with van der Waals surface area (Å²) in [7, 11) is 0. The van der Waals surface area contributed by atoms with Crippen LogP contribution in [0.1, 0.15) is 27.0 Å². The van der Waals surface area contributed by atoms with E-state index in [0.29, 0.717) is 18.6 Å². The Kier molecular flexibility index (Phi) is 8.43. The monoisotopic (exact) mass is 623 g/mol. The minimum atomic E-state index is -0.300. The number of amides is 1. The summed E-state index contributed by atoms with van der Waals surface area (Å²) in [5.74, 6) is 0.497. The molecule has 0 bridgehead atoms. The summed E-state index contributed by atoms with van der Waals surface area (Å²) in [5, 5.41) is 5.02. The van der Waals surface area contributed by atoms with Crippen LogP contribution in [0.4, 0.5) is 0 Å². The van der Waals surface area contributed by atoms with Crippen LogP contribution in [0, 0.1) is 3.57 Å². The SMILES string of the molecule is C=CCc1cc(/C=N/NC(=O)c2cc(-c3ccccc3)nc3ccccc23)ccc1OCc1ccc(I)cc1. The quantitative estimate of drug-likeness (QED) is 0.0798. The first kappa shape index (κ1) is 26.3. The fourth-order valence-corrected chi connectivity index (χ4v) is 4.58. The van der Waals surface area contributed by atoms with Crippen LogP contribution in [0.15, 0.2) is 121 Å². The molecule has 4 aromatic carbocycles. The van der Waals surface area contributed by atoms with Crippen LogP contribution in [-0.2, 0) is 13.0 Å². The molecule has 39 heavy (non-hydrogen) atoms. The number of ether oxygens (including phenoxy) is 1. The Balaban J connectivity index is 1.33. The molecular formula is C33H26IN3O2. The zero-order valence-corrected chi connectivity index (χ0v) is 23.3. The first-order valence-corrected chi connectivity index (χ1v) is 13.6. The van der Waals surface area contributed by atoms with Crippen LogP contribution in [0.5, 0.6) is 5.75 Å². The maximum atomic E-state index is 13.2. The lowest BCUT2D eigenvalue weighted by molar-refractivity contribution is 0.0956. The molecule has 1 amide bonds. The van der Waals surface area contributed by atoms with Crippen molar-refractivity contribution in [3.05, 3.63) is 142 Å². The van der Waals surface area contributed by atoms with Gasteiger partial charge < -0.3 is 4.74 Å². The fraction of sp³-hybridized carbons (Fsp3) is 0.0606. The number of rotatable bonds is 9. The van der Waals surface area contributed by atoms with E-state index >= 15 is 0 Å². The molecule has 1 heterocycles. The molecule has 0 saturated heterocycles. The van der Waals surface area contributed by atoms with E-state index in [9.17, 15) is 4.79 Å². The lowest BCUT2D eigenvalue weighted by atomic mass is 10.0. The highest BCUT2D eigenvalue weighted by Crippen LogP contribution is 2.25. The highest BCUT2D eigenvalue weighted by atomic mass is 127. The van der Waals surface area contributed by atoms with Crippen molar-refractivity contribution >= 4 is 45.6 Å². The number of allylic oxidation sites excluding steroid dienone is 1. The molecule has 5 nitrogen and oxygen atoms in total. The van der Waals surface area contributed by atoms with Gasteiger partial charge in [0.15, 0.2) is 0 Å². The van der Waals surface area contributed by atoms with Gasteiger partial charge in [0.25, 0.3) is 5.91 Å². The number of hydrogen-bond donors (Lipinski definition) is 1. The van der Waals surface area contributed by atoms with Crippen molar-refractivity contribution in [3.63, 3.8) is 0 Å². The number of pyridine rings is 1. The second-order valence-electron chi connectivity index (χ2n) is 8.91. The largest absolute Gasteiger partial charge is 0.489 e. The van der Waals surface area contributed by atoms with E-state index in [4.69, 9.17) is 9.72 Å². The van der Waals surface area contributed by atoms with Gasteiger partial charge in [0.05, 0.1) is 23.0 Å². The van der Waals surface area contributed by atoms with Crippen LogP contribution in [-0.4, -0.2) is 17.1 Å². The average molecular weight is 623 g/mol. The molecule has 0 unspecified atom stereocenters. The normalized spacial score (nSPS) is 11.0. The van der Waals surface area contributed by atoms with Crippen molar-refractivity contribution < 1.29 is 9.53 Å². The summed E-state index contributed by atoms with van der Waals surface area (Å²) in [4.78, 5) is 18.0. The molecule has 192 valence electrons. The number of carbonyl (C=O) groups is 1. The molecule has 0 aliphatic rings. The third kappa shape index (κ3) is 6.59. The van der Waals surface area contributed by atoms with Crippen molar-refractivity contribution in [2.75, 3.05) is 0 Å². The van der Waals surface area contributed by atoms with Gasteiger partial charge in [-0.3, -0.25) is 4.79 Å². The number of nitrogens with one attached hydrogen (secondary N) is 1. The maximum absolute atomic E-state index is 13.2. The molecule has 0 spiro atoms. The predicted molar refractivity (Wildman–Crippen MR) is 166 cm³/mol. The third-order valence-electron chi connectivity index (χ3n) is 6.17. The predicted octanol–water partition coefficient (Wildman–Crippen LogP) is 7.58. The standard InChI is InChI=1S/C33H26IN3O2/c1-2-8-26-19-24(15-18-32(26)39-22-23-13-16-27(34)17-14-23)21-35-37-33(38)29-20-31(25-9-4-3-5-10-25)36-30-12-7-6-11-28(29)30/h2-7,9-21H,1,8,22H2,(H,37,38)/b35-21+. The Bertz CT molecular complexity index is 1650. The Morgan fingerprint density at radius 1 is 0.949 bits per heavy atom. The van der Waals surface area contributed by atoms with Crippen molar-refractivity contribution in [1.82, 2.24) is 10.4 Å². The fourth-order valence-electron chi connectivity index (χ4n) is 4.22. The maximum Gasteiger partial charge on any atom is 0.272 e. The molecule has 0 saturated carbocycles. The topological polar surface area (TPSA) is 63.6 Å². The van der Waals surface area contributed by atoms with Crippen molar-refractivity contribution in [2.45, 2.75) is 13.0 Å². The Morgan fingerprint density at radius 2 is 1.72 bits per heavy atom. The lowest BCUT2D eigenvalue weighted by Gasteiger charge is -2.12. The second kappa shape index (κ2) is 12.5. The molecule has 0 atom stereocenters. The Morgan fingerprint density at radius 3 is 2.51 bits per heavy atom. The van der Waals surface area contributed by atoms with Crippen molar-refractivity contribution in [3.8, 4) is 17.0 Å². The highest BCUT2D eigenvalue weighted by molar-refractivity contribution is 14.1. The van der Waals surface area contributed by atoms with E-state index in [2.05, 4.69) is 64.0 Å². The molecule has 6 heteroatoms. The molecule has 0 radical (unpaired) electrons. The average Bonchev–Trinajstić information content (AvgIpc) is 2.97. The van der Waals surface area contributed by atoms with Gasteiger partial charge in [-0.1, -0.05) is 66.7 Å². The van der Waals surface area contributed by atoms with E-state index < -0.39 is 0 Å².